The fourth-order valence-corrected chi connectivity index (χ4v) is 3.47. The van der Waals surface area contributed by atoms with Crippen molar-refractivity contribution >= 4 is 33.3 Å². The summed E-state index contributed by atoms with van der Waals surface area (Å²) in [6, 6.07) is 5.35. The van der Waals surface area contributed by atoms with E-state index in [1.165, 1.54) is 12.3 Å². The summed E-state index contributed by atoms with van der Waals surface area (Å²) in [5.41, 5.74) is 1.48. The first-order chi connectivity index (χ1) is 12.5. The molecule has 1 atom stereocenters. The summed E-state index contributed by atoms with van der Waals surface area (Å²) in [5.74, 6) is 0.476. The highest BCUT2D eigenvalue weighted by Crippen LogP contribution is 2.19. The number of carbonyl (C=O) groups excluding carboxylic acids is 1. The Morgan fingerprint density at radius 2 is 2.27 bits per heavy atom. The Bertz CT molecular complexity index is 1040. The van der Waals surface area contributed by atoms with Crippen LogP contribution in [-0.2, 0) is 0 Å². The van der Waals surface area contributed by atoms with Crippen molar-refractivity contribution in [3.8, 4) is 0 Å². The number of hydrogen-bond acceptors (Lipinski definition) is 5. The smallest absolute Gasteiger partial charge is 0.260 e. The number of nitrogens with one attached hydrogen (secondary N) is 2. The van der Waals surface area contributed by atoms with E-state index < -0.39 is 5.56 Å². The molecule has 1 aliphatic heterocycles. The minimum absolute atomic E-state index is 0.0396. The molecule has 4 rings (SSSR count). The van der Waals surface area contributed by atoms with Crippen molar-refractivity contribution in [2.45, 2.75) is 19.4 Å². The predicted octanol–water partition coefficient (Wildman–Crippen LogP) is 1.50. The lowest BCUT2D eigenvalue weighted by molar-refractivity contribution is 0.0938. The average molecular weight is 417 g/mol. The number of H-pyrrole nitrogens is 1. The number of carbonyl (C=O) groups is 1. The maximum Gasteiger partial charge on any atom is 0.260 e. The molecule has 3 aromatic rings. The number of hydrogen-bond donors (Lipinski definition) is 2. The van der Waals surface area contributed by atoms with Crippen molar-refractivity contribution < 1.29 is 4.79 Å². The van der Waals surface area contributed by atoms with Crippen LogP contribution in [-0.4, -0.2) is 44.6 Å². The number of amides is 1. The van der Waals surface area contributed by atoms with E-state index in [9.17, 15) is 9.59 Å². The summed E-state index contributed by atoms with van der Waals surface area (Å²) >= 11 is 3.27. The van der Waals surface area contributed by atoms with Crippen LogP contribution in [0.5, 0.6) is 0 Å². The van der Waals surface area contributed by atoms with Gasteiger partial charge in [0.1, 0.15) is 11.4 Å². The number of imidazole rings is 1. The van der Waals surface area contributed by atoms with E-state index >= 15 is 0 Å². The van der Waals surface area contributed by atoms with Gasteiger partial charge in [0, 0.05) is 29.8 Å². The molecule has 0 unspecified atom stereocenters. The van der Waals surface area contributed by atoms with Crippen LogP contribution < -0.4 is 15.8 Å². The number of aryl methyl sites for hydroxylation is 1. The zero-order chi connectivity index (χ0) is 18.3. The first kappa shape index (κ1) is 16.8. The molecule has 0 bridgehead atoms. The van der Waals surface area contributed by atoms with Gasteiger partial charge in [-0.1, -0.05) is 0 Å². The quantitative estimate of drug-likeness (QED) is 0.674. The lowest BCUT2D eigenvalue weighted by Gasteiger charge is -2.18. The molecule has 26 heavy (non-hydrogen) atoms. The third-order valence-corrected chi connectivity index (χ3v) is 4.94. The topological polar surface area (TPSA) is 95.4 Å². The Hall–Kier alpha value is -2.68. The number of anilines is 1. The fourth-order valence-electron chi connectivity index (χ4n) is 3.12. The molecule has 0 saturated carbocycles. The van der Waals surface area contributed by atoms with Gasteiger partial charge >= 0.3 is 0 Å². The molecule has 0 aliphatic carbocycles. The van der Waals surface area contributed by atoms with E-state index in [4.69, 9.17) is 0 Å². The van der Waals surface area contributed by atoms with Crippen molar-refractivity contribution in [2.24, 2.45) is 0 Å². The molecule has 1 amide bonds. The molecule has 1 saturated heterocycles. The molecule has 0 spiro atoms. The van der Waals surface area contributed by atoms with Gasteiger partial charge in [-0.05, 0) is 47.5 Å². The average Bonchev–Trinajstić information content (AvgIpc) is 3.24. The van der Waals surface area contributed by atoms with Gasteiger partial charge in [0.25, 0.3) is 11.5 Å². The van der Waals surface area contributed by atoms with Gasteiger partial charge in [-0.3, -0.25) is 9.59 Å². The molecule has 0 radical (unpaired) electrons. The van der Waals surface area contributed by atoms with Crippen molar-refractivity contribution in [1.82, 2.24) is 24.9 Å². The van der Waals surface area contributed by atoms with Crippen LogP contribution in [0.2, 0.25) is 0 Å². The number of fused-ring (bicyclic) bond motifs is 1. The van der Waals surface area contributed by atoms with E-state index in [1.54, 1.807) is 6.20 Å². The number of nitrogens with zero attached hydrogens (tertiary/aromatic N) is 4. The zero-order valence-electron chi connectivity index (χ0n) is 14.1. The van der Waals surface area contributed by atoms with Crippen LogP contribution in [0, 0.1) is 6.92 Å². The third kappa shape index (κ3) is 3.10. The van der Waals surface area contributed by atoms with E-state index in [0.717, 1.165) is 30.1 Å². The molecule has 8 nitrogen and oxygen atoms in total. The van der Waals surface area contributed by atoms with Gasteiger partial charge in [-0.25, -0.2) is 9.50 Å². The largest absolute Gasteiger partial charge is 0.353 e. The normalized spacial score (nSPS) is 17.0. The Morgan fingerprint density at radius 3 is 3.12 bits per heavy atom. The van der Waals surface area contributed by atoms with E-state index in [-0.39, 0.29) is 17.5 Å². The zero-order valence-corrected chi connectivity index (χ0v) is 15.7. The standard InChI is InChI=1S/C17H17BrN6O2/c1-10-7-19-14-2-3-15(22-24(10)14)23-5-4-12(9-23)21-17(26)13-6-11(18)8-20-16(13)25/h2-3,6-8,12H,4-5,9H2,1H3,(H,20,25)(H,21,26)/t12-/m0/s1. The summed E-state index contributed by atoms with van der Waals surface area (Å²) in [5, 5.41) is 7.56. The van der Waals surface area contributed by atoms with Crippen LogP contribution in [0.1, 0.15) is 22.5 Å². The third-order valence-electron chi connectivity index (χ3n) is 4.48. The van der Waals surface area contributed by atoms with Crippen LogP contribution in [0.4, 0.5) is 5.82 Å². The highest BCUT2D eigenvalue weighted by atomic mass is 79.9. The van der Waals surface area contributed by atoms with Gasteiger partial charge in [-0.15, -0.1) is 5.10 Å². The maximum atomic E-state index is 12.4. The van der Waals surface area contributed by atoms with Gasteiger partial charge in [-0.2, -0.15) is 0 Å². The molecule has 3 aromatic heterocycles. The van der Waals surface area contributed by atoms with Gasteiger partial charge in [0.15, 0.2) is 5.65 Å². The molecule has 134 valence electrons. The summed E-state index contributed by atoms with van der Waals surface area (Å²) in [7, 11) is 0. The molecule has 4 heterocycles. The Morgan fingerprint density at radius 1 is 1.42 bits per heavy atom. The van der Waals surface area contributed by atoms with E-state index in [0.29, 0.717) is 11.0 Å². The second-order valence-electron chi connectivity index (χ2n) is 6.33. The Labute approximate surface area is 157 Å². The molecule has 0 aromatic carbocycles. The minimum atomic E-state index is -0.400. The summed E-state index contributed by atoms with van der Waals surface area (Å²) < 4.78 is 2.46. The summed E-state index contributed by atoms with van der Waals surface area (Å²) in [6.07, 6.45) is 4.09. The van der Waals surface area contributed by atoms with E-state index in [2.05, 4.69) is 41.2 Å². The number of rotatable bonds is 3. The number of halogens is 1. The Balaban J connectivity index is 1.47. The lowest BCUT2D eigenvalue weighted by atomic mass is 10.2. The molecule has 2 N–H and O–H groups in total. The molecule has 1 aliphatic rings. The highest BCUT2D eigenvalue weighted by Gasteiger charge is 2.26. The van der Waals surface area contributed by atoms with Crippen molar-refractivity contribution in [1.29, 1.82) is 0 Å². The van der Waals surface area contributed by atoms with Gasteiger partial charge in [0.2, 0.25) is 0 Å². The fraction of sp³-hybridized carbons (Fsp3) is 0.294. The SMILES string of the molecule is Cc1cnc2ccc(N3CC[C@H](NC(=O)c4cc(Br)c[nH]c4=O)C3)nn12. The van der Waals surface area contributed by atoms with Crippen molar-refractivity contribution in [3.05, 3.63) is 56.7 Å². The minimum Gasteiger partial charge on any atom is -0.353 e. The number of aromatic nitrogens is 4. The van der Waals surface area contributed by atoms with Crippen LogP contribution in [0.15, 0.2) is 39.9 Å². The number of aromatic amines is 1. The van der Waals surface area contributed by atoms with E-state index in [1.807, 2.05) is 23.6 Å². The van der Waals surface area contributed by atoms with Gasteiger partial charge in [0.05, 0.1) is 11.9 Å². The summed E-state index contributed by atoms with van der Waals surface area (Å²) in [6.45, 7) is 3.38. The maximum absolute atomic E-state index is 12.4. The van der Waals surface area contributed by atoms with Crippen molar-refractivity contribution in [3.63, 3.8) is 0 Å². The summed E-state index contributed by atoms with van der Waals surface area (Å²) in [4.78, 5) is 33.2. The van der Waals surface area contributed by atoms with Crippen LogP contribution in [0.25, 0.3) is 5.65 Å². The molecular formula is C17H17BrN6O2. The Kier molecular flexibility index (Phi) is 4.23. The predicted molar refractivity (Wildman–Crippen MR) is 101 cm³/mol. The monoisotopic (exact) mass is 416 g/mol. The highest BCUT2D eigenvalue weighted by molar-refractivity contribution is 9.10. The first-order valence-corrected chi connectivity index (χ1v) is 9.06. The number of pyridine rings is 1. The molecule has 1 fully saturated rings. The second-order valence-corrected chi connectivity index (χ2v) is 7.24. The second kappa shape index (κ2) is 6.56. The van der Waals surface area contributed by atoms with Crippen molar-refractivity contribution in [2.75, 3.05) is 18.0 Å². The lowest BCUT2D eigenvalue weighted by Crippen LogP contribution is -2.39. The first-order valence-electron chi connectivity index (χ1n) is 8.27. The van der Waals surface area contributed by atoms with Crippen LogP contribution in [0.3, 0.4) is 0 Å². The van der Waals surface area contributed by atoms with Gasteiger partial charge < -0.3 is 15.2 Å². The molecular weight excluding hydrogens is 400 g/mol. The van der Waals surface area contributed by atoms with Crippen LogP contribution >= 0.6 is 15.9 Å². The molecule has 9 heteroatoms.